The molecule has 1 amide bonds. The summed E-state index contributed by atoms with van der Waals surface area (Å²) < 4.78 is 32.7. The molecule has 1 N–H and O–H groups in total. The highest BCUT2D eigenvalue weighted by molar-refractivity contribution is 7.91. The number of amides is 1. The molecule has 2 heterocycles. The summed E-state index contributed by atoms with van der Waals surface area (Å²) in [7, 11) is -2.44. The number of anilines is 1. The molecular weight excluding hydrogens is 428 g/mol. The Morgan fingerprint density at radius 2 is 1.90 bits per heavy atom. The Morgan fingerprint density at radius 1 is 1.13 bits per heavy atom. The second kappa shape index (κ2) is 7.77. The van der Waals surface area contributed by atoms with Crippen molar-refractivity contribution in [2.24, 2.45) is 0 Å². The lowest BCUT2D eigenvalue weighted by Crippen LogP contribution is -2.13. The lowest BCUT2D eigenvalue weighted by molar-refractivity contribution is 0.102. The highest BCUT2D eigenvalue weighted by atomic mass is 35.5. The SMILES string of the molecule is COc1cc(NC(=O)c2cnn3cccnc23)cc(S(=O)(=O)c2ccc(Cl)cc2)c1. The number of halogens is 1. The van der Waals surface area contributed by atoms with E-state index in [-0.39, 0.29) is 26.8 Å². The molecule has 0 aliphatic carbocycles. The molecule has 30 heavy (non-hydrogen) atoms. The molecule has 0 aliphatic rings. The molecule has 0 saturated carbocycles. The summed E-state index contributed by atoms with van der Waals surface area (Å²) >= 11 is 5.85. The van der Waals surface area contributed by atoms with E-state index in [1.54, 1.807) is 18.5 Å². The van der Waals surface area contributed by atoms with Crippen LogP contribution in [0.25, 0.3) is 5.65 Å². The lowest BCUT2D eigenvalue weighted by Gasteiger charge is -2.11. The van der Waals surface area contributed by atoms with Gasteiger partial charge in [-0.3, -0.25) is 4.79 Å². The second-order valence-electron chi connectivity index (χ2n) is 6.25. The summed E-state index contributed by atoms with van der Waals surface area (Å²) in [6.45, 7) is 0. The van der Waals surface area contributed by atoms with E-state index < -0.39 is 15.7 Å². The molecule has 4 rings (SSSR count). The van der Waals surface area contributed by atoms with Crippen LogP contribution in [0.2, 0.25) is 5.02 Å². The molecule has 4 aromatic rings. The van der Waals surface area contributed by atoms with Crippen molar-refractivity contribution in [1.29, 1.82) is 0 Å². The number of nitrogens with one attached hydrogen (secondary N) is 1. The van der Waals surface area contributed by atoms with E-state index in [9.17, 15) is 13.2 Å². The molecule has 0 aliphatic heterocycles. The van der Waals surface area contributed by atoms with Crippen LogP contribution < -0.4 is 10.1 Å². The van der Waals surface area contributed by atoms with Crippen molar-refractivity contribution in [3.05, 3.63) is 77.7 Å². The molecular formula is C20H15ClN4O4S. The van der Waals surface area contributed by atoms with E-state index >= 15 is 0 Å². The zero-order chi connectivity index (χ0) is 21.3. The highest BCUT2D eigenvalue weighted by Gasteiger charge is 2.21. The van der Waals surface area contributed by atoms with E-state index in [0.717, 1.165) is 0 Å². The third-order valence-corrected chi connectivity index (χ3v) is 6.33. The number of nitrogens with zero attached hydrogens (tertiary/aromatic N) is 3. The van der Waals surface area contributed by atoms with Gasteiger partial charge >= 0.3 is 0 Å². The average molecular weight is 443 g/mol. The van der Waals surface area contributed by atoms with Gasteiger partial charge in [0.2, 0.25) is 9.84 Å². The number of fused-ring (bicyclic) bond motifs is 1. The Bertz CT molecular complexity index is 1350. The quantitative estimate of drug-likeness (QED) is 0.507. The minimum absolute atomic E-state index is 0.0301. The number of aromatic nitrogens is 3. The topological polar surface area (TPSA) is 103 Å². The predicted octanol–water partition coefficient (Wildman–Crippen LogP) is 3.48. The molecule has 8 nitrogen and oxygen atoms in total. The zero-order valence-electron chi connectivity index (χ0n) is 15.6. The van der Waals surface area contributed by atoms with Crippen LogP contribution in [0.4, 0.5) is 5.69 Å². The number of hydrogen-bond donors (Lipinski definition) is 1. The van der Waals surface area contributed by atoms with Crippen LogP contribution in [0.3, 0.4) is 0 Å². The third-order valence-electron chi connectivity index (χ3n) is 4.33. The third kappa shape index (κ3) is 3.72. The first-order valence-electron chi connectivity index (χ1n) is 8.68. The van der Waals surface area contributed by atoms with Crippen LogP contribution in [-0.2, 0) is 9.84 Å². The van der Waals surface area contributed by atoms with Gasteiger partial charge < -0.3 is 10.1 Å². The van der Waals surface area contributed by atoms with Gasteiger partial charge in [0.1, 0.15) is 11.3 Å². The number of carbonyl (C=O) groups is 1. The molecule has 0 spiro atoms. The van der Waals surface area contributed by atoms with Crippen LogP contribution in [0, 0.1) is 0 Å². The van der Waals surface area contributed by atoms with Crippen molar-refractivity contribution in [2.75, 3.05) is 12.4 Å². The summed E-state index contributed by atoms with van der Waals surface area (Å²) in [4.78, 5) is 16.9. The van der Waals surface area contributed by atoms with Gasteiger partial charge in [-0.25, -0.2) is 17.9 Å². The molecule has 2 aromatic heterocycles. The number of methoxy groups -OCH3 is 1. The minimum Gasteiger partial charge on any atom is -0.497 e. The molecule has 0 unspecified atom stereocenters. The van der Waals surface area contributed by atoms with E-state index in [1.807, 2.05) is 0 Å². The number of ether oxygens (including phenoxy) is 1. The van der Waals surface area contributed by atoms with Crippen molar-refractivity contribution < 1.29 is 17.9 Å². The molecule has 0 saturated heterocycles. The maximum Gasteiger partial charge on any atom is 0.261 e. The van der Waals surface area contributed by atoms with Crippen molar-refractivity contribution in [3.63, 3.8) is 0 Å². The fraction of sp³-hybridized carbons (Fsp3) is 0.0500. The van der Waals surface area contributed by atoms with Crippen molar-refractivity contribution in [2.45, 2.75) is 9.79 Å². The molecule has 0 radical (unpaired) electrons. The Balaban J connectivity index is 1.71. The van der Waals surface area contributed by atoms with Gasteiger partial charge in [-0.05, 0) is 42.5 Å². The summed E-state index contributed by atoms with van der Waals surface area (Å²) in [5, 5.41) is 7.19. The minimum atomic E-state index is -3.85. The monoisotopic (exact) mass is 442 g/mol. The van der Waals surface area contributed by atoms with Crippen LogP contribution >= 0.6 is 11.6 Å². The smallest absolute Gasteiger partial charge is 0.261 e. The average Bonchev–Trinajstić information content (AvgIpc) is 3.18. The van der Waals surface area contributed by atoms with Crippen molar-refractivity contribution in [3.8, 4) is 5.75 Å². The zero-order valence-corrected chi connectivity index (χ0v) is 17.2. The number of benzene rings is 2. The Labute approximate surface area is 177 Å². The van der Waals surface area contributed by atoms with Crippen LogP contribution in [0.1, 0.15) is 10.4 Å². The normalized spacial score (nSPS) is 11.4. The van der Waals surface area contributed by atoms with Gasteiger partial charge in [-0.2, -0.15) is 5.10 Å². The fourth-order valence-corrected chi connectivity index (χ4v) is 4.30. The Kier molecular flexibility index (Phi) is 5.15. The largest absolute Gasteiger partial charge is 0.497 e. The van der Waals surface area contributed by atoms with Gasteiger partial charge in [-0.1, -0.05) is 11.6 Å². The Morgan fingerprint density at radius 3 is 2.63 bits per heavy atom. The van der Waals surface area contributed by atoms with E-state index in [0.29, 0.717) is 10.7 Å². The van der Waals surface area contributed by atoms with E-state index in [2.05, 4.69) is 15.4 Å². The van der Waals surface area contributed by atoms with E-state index in [1.165, 1.54) is 60.3 Å². The van der Waals surface area contributed by atoms with Crippen molar-refractivity contribution >= 4 is 38.7 Å². The summed E-state index contributed by atoms with van der Waals surface area (Å²) in [5.74, 6) is -0.204. The first-order chi connectivity index (χ1) is 14.4. The van der Waals surface area contributed by atoms with Gasteiger partial charge in [0.05, 0.1) is 23.1 Å². The summed E-state index contributed by atoms with van der Waals surface area (Å²) in [6, 6.07) is 11.8. The van der Waals surface area contributed by atoms with Crippen LogP contribution in [0.5, 0.6) is 5.75 Å². The van der Waals surface area contributed by atoms with E-state index in [4.69, 9.17) is 16.3 Å². The molecule has 0 bridgehead atoms. The maximum atomic E-state index is 13.0. The molecule has 0 atom stereocenters. The summed E-state index contributed by atoms with van der Waals surface area (Å²) in [5.41, 5.74) is 0.884. The van der Waals surface area contributed by atoms with Crippen molar-refractivity contribution in [1.82, 2.24) is 14.6 Å². The van der Waals surface area contributed by atoms with Gasteiger partial charge in [0.15, 0.2) is 5.65 Å². The number of hydrogen-bond acceptors (Lipinski definition) is 6. The second-order valence-corrected chi connectivity index (χ2v) is 8.64. The van der Waals surface area contributed by atoms with Crippen LogP contribution in [0.15, 0.2) is 76.9 Å². The molecule has 10 heteroatoms. The van der Waals surface area contributed by atoms with Crippen LogP contribution in [-0.4, -0.2) is 36.0 Å². The highest BCUT2D eigenvalue weighted by Crippen LogP contribution is 2.29. The Hall–Kier alpha value is -3.43. The molecule has 2 aromatic carbocycles. The summed E-state index contributed by atoms with van der Waals surface area (Å²) in [6.07, 6.45) is 4.61. The fourth-order valence-electron chi connectivity index (χ4n) is 2.85. The number of rotatable bonds is 5. The number of carbonyl (C=O) groups excluding carboxylic acids is 1. The lowest BCUT2D eigenvalue weighted by atomic mass is 10.2. The van der Waals surface area contributed by atoms with Gasteiger partial charge in [0, 0.05) is 29.2 Å². The standard InChI is InChI=1S/C20H15ClN4O4S/c1-29-15-9-14(24-20(26)18-12-23-25-8-2-7-22-19(18)25)10-17(11-15)30(27,28)16-5-3-13(21)4-6-16/h2-12H,1H3,(H,24,26). The van der Waals surface area contributed by atoms with Gasteiger partial charge in [0.25, 0.3) is 5.91 Å². The maximum absolute atomic E-state index is 13.0. The molecule has 0 fully saturated rings. The predicted molar refractivity (Wildman–Crippen MR) is 111 cm³/mol. The first kappa shape index (κ1) is 19.9. The first-order valence-corrected chi connectivity index (χ1v) is 10.5. The van der Waals surface area contributed by atoms with Gasteiger partial charge in [-0.15, -0.1) is 0 Å². The molecule has 152 valence electrons. The number of sulfone groups is 1.